The highest BCUT2D eigenvalue weighted by Gasteiger charge is 2.20. The SMILES string of the molecule is Cc1[nH]c2ccccc2c1C(=O)/C(C#N)=C/c1ccc(F)cc1F. The summed E-state index contributed by atoms with van der Waals surface area (Å²) in [6.07, 6.45) is 1.14. The van der Waals surface area contributed by atoms with Crippen molar-refractivity contribution in [3.63, 3.8) is 0 Å². The van der Waals surface area contributed by atoms with Gasteiger partial charge in [-0.2, -0.15) is 5.26 Å². The molecule has 0 aliphatic rings. The molecule has 0 unspecified atom stereocenters. The molecular weight excluding hydrogens is 310 g/mol. The average Bonchev–Trinajstić information content (AvgIpc) is 2.89. The Morgan fingerprint density at radius 2 is 1.96 bits per heavy atom. The molecule has 0 aliphatic heterocycles. The number of para-hydroxylation sites is 1. The van der Waals surface area contributed by atoms with Crippen LogP contribution in [-0.2, 0) is 0 Å². The first-order valence-corrected chi connectivity index (χ1v) is 7.20. The van der Waals surface area contributed by atoms with Crippen molar-refractivity contribution < 1.29 is 13.6 Å². The minimum absolute atomic E-state index is 0.0150. The van der Waals surface area contributed by atoms with Crippen molar-refractivity contribution in [2.75, 3.05) is 0 Å². The highest BCUT2D eigenvalue weighted by atomic mass is 19.1. The second-order valence-electron chi connectivity index (χ2n) is 5.34. The first-order valence-electron chi connectivity index (χ1n) is 7.20. The van der Waals surface area contributed by atoms with E-state index in [9.17, 15) is 18.8 Å². The lowest BCUT2D eigenvalue weighted by molar-refractivity contribution is 0.104. The van der Waals surface area contributed by atoms with Crippen LogP contribution in [0.5, 0.6) is 0 Å². The van der Waals surface area contributed by atoms with Crippen molar-refractivity contribution in [3.05, 3.63) is 76.5 Å². The molecule has 0 atom stereocenters. The van der Waals surface area contributed by atoms with Crippen LogP contribution in [0.25, 0.3) is 17.0 Å². The van der Waals surface area contributed by atoms with E-state index in [1.807, 2.05) is 18.2 Å². The van der Waals surface area contributed by atoms with Crippen LogP contribution >= 0.6 is 0 Å². The number of allylic oxidation sites excluding steroid dienone is 1. The van der Waals surface area contributed by atoms with Crippen LogP contribution in [0.15, 0.2) is 48.0 Å². The van der Waals surface area contributed by atoms with Crippen molar-refractivity contribution in [2.24, 2.45) is 0 Å². The Morgan fingerprint density at radius 1 is 1.21 bits per heavy atom. The molecule has 1 heterocycles. The number of fused-ring (bicyclic) bond motifs is 1. The summed E-state index contributed by atoms with van der Waals surface area (Å²) in [6, 6.07) is 12.0. The van der Waals surface area contributed by atoms with Crippen molar-refractivity contribution in [1.29, 1.82) is 5.26 Å². The third-order valence-electron chi connectivity index (χ3n) is 3.75. The number of carbonyl (C=O) groups is 1. The maximum Gasteiger partial charge on any atom is 0.205 e. The molecule has 3 nitrogen and oxygen atoms in total. The van der Waals surface area contributed by atoms with Crippen LogP contribution in [0, 0.1) is 29.9 Å². The fraction of sp³-hybridized carbons (Fsp3) is 0.0526. The Morgan fingerprint density at radius 3 is 2.67 bits per heavy atom. The number of nitriles is 1. The minimum Gasteiger partial charge on any atom is -0.358 e. The zero-order chi connectivity index (χ0) is 17.3. The van der Waals surface area contributed by atoms with E-state index in [1.54, 1.807) is 19.1 Å². The van der Waals surface area contributed by atoms with Gasteiger partial charge in [0.05, 0.1) is 5.56 Å². The zero-order valence-corrected chi connectivity index (χ0v) is 12.7. The molecule has 3 aromatic rings. The van der Waals surface area contributed by atoms with Gasteiger partial charge in [0, 0.05) is 28.2 Å². The number of Topliss-reactive ketones (excluding diaryl/α,β-unsaturated/α-hetero) is 1. The van der Waals surface area contributed by atoms with Gasteiger partial charge in [0.15, 0.2) is 0 Å². The van der Waals surface area contributed by atoms with Crippen molar-refractivity contribution in [3.8, 4) is 6.07 Å². The van der Waals surface area contributed by atoms with Gasteiger partial charge >= 0.3 is 0 Å². The number of aromatic amines is 1. The standard InChI is InChI=1S/C19H12F2N2O/c1-11-18(15-4-2-3-5-17(15)23-11)19(24)13(10-22)8-12-6-7-14(20)9-16(12)21/h2-9,23H,1H3/b13-8+. The van der Waals surface area contributed by atoms with Crippen LogP contribution in [0.4, 0.5) is 8.78 Å². The molecule has 0 spiro atoms. The first kappa shape index (κ1) is 15.6. The van der Waals surface area contributed by atoms with Gasteiger partial charge in [-0.15, -0.1) is 0 Å². The smallest absolute Gasteiger partial charge is 0.205 e. The van der Waals surface area contributed by atoms with Crippen molar-refractivity contribution in [2.45, 2.75) is 6.92 Å². The molecule has 3 rings (SSSR count). The number of rotatable bonds is 3. The van der Waals surface area contributed by atoms with Crippen LogP contribution in [0.1, 0.15) is 21.6 Å². The largest absolute Gasteiger partial charge is 0.358 e. The maximum atomic E-state index is 13.8. The summed E-state index contributed by atoms with van der Waals surface area (Å²) in [5, 5.41) is 10.0. The van der Waals surface area contributed by atoms with Gasteiger partial charge in [0.2, 0.25) is 5.78 Å². The summed E-state index contributed by atoms with van der Waals surface area (Å²) in [7, 11) is 0. The number of halogens is 2. The third-order valence-corrected chi connectivity index (χ3v) is 3.75. The Hall–Kier alpha value is -3.26. The summed E-state index contributed by atoms with van der Waals surface area (Å²) in [5.74, 6) is -2.05. The lowest BCUT2D eigenvalue weighted by atomic mass is 9.99. The van der Waals surface area contributed by atoms with Gasteiger partial charge in [0.25, 0.3) is 0 Å². The Kier molecular flexibility index (Phi) is 3.97. The molecule has 5 heteroatoms. The van der Waals surface area contributed by atoms with Crippen LogP contribution in [0.2, 0.25) is 0 Å². The van der Waals surface area contributed by atoms with Gasteiger partial charge in [-0.3, -0.25) is 4.79 Å². The number of benzene rings is 2. The lowest BCUT2D eigenvalue weighted by Crippen LogP contribution is -2.03. The Balaban J connectivity index is 2.11. The van der Waals surface area contributed by atoms with Gasteiger partial charge in [0.1, 0.15) is 23.3 Å². The van der Waals surface area contributed by atoms with E-state index < -0.39 is 17.4 Å². The molecule has 0 radical (unpaired) electrons. The van der Waals surface area contributed by atoms with E-state index in [4.69, 9.17) is 0 Å². The number of hydrogen-bond donors (Lipinski definition) is 1. The van der Waals surface area contributed by atoms with Crippen molar-refractivity contribution >= 4 is 22.8 Å². The number of H-pyrrole nitrogens is 1. The number of carbonyl (C=O) groups excluding carboxylic acids is 1. The monoisotopic (exact) mass is 322 g/mol. The van der Waals surface area contributed by atoms with Gasteiger partial charge < -0.3 is 4.98 Å². The maximum absolute atomic E-state index is 13.8. The predicted octanol–water partition coefficient (Wildman–Crippen LogP) is 4.54. The highest BCUT2D eigenvalue weighted by Crippen LogP contribution is 2.25. The summed E-state index contributed by atoms with van der Waals surface area (Å²) >= 11 is 0. The summed E-state index contributed by atoms with van der Waals surface area (Å²) in [5.41, 5.74) is 1.55. The molecule has 0 bridgehead atoms. The zero-order valence-electron chi connectivity index (χ0n) is 12.7. The van der Waals surface area contributed by atoms with Crippen LogP contribution in [-0.4, -0.2) is 10.8 Å². The molecule has 118 valence electrons. The molecule has 0 aliphatic carbocycles. The number of nitrogens with one attached hydrogen (secondary N) is 1. The molecule has 1 N–H and O–H groups in total. The number of ketones is 1. The molecular formula is C19H12F2N2O. The summed E-state index contributed by atoms with van der Waals surface area (Å²) in [4.78, 5) is 15.8. The van der Waals surface area contributed by atoms with E-state index in [0.717, 1.165) is 17.7 Å². The summed E-state index contributed by atoms with van der Waals surface area (Å²) in [6.45, 7) is 1.74. The molecule has 24 heavy (non-hydrogen) atoms. The van der Waals surface area contributed by atoms with E-state index in [1.165, 1.54) is 6.07 Å². The van der Waals surface area contributed by atoms with Crippen LogP contribution < -0.4 is 0 Å². The number of aryl methyl sites for hydroxylation is 1. The van der Waals surface area contributed by atoms with E-state index >= 15 is 0 Å². The molecule has 0 saturated carbocycles. The van der Waals surface area contributed by atoms with E-state index in [2.05, 4.69) is 4.98 Å². The number of aromatic nitrogens is 1. The molecule has 1 aromatic heterocycles. The fourth-order valence-electron chi connectivity index (χ4n) is 2.63. The van der Waals surface area contributed by atoms with E-state index in [0.29, 0.717) is 22.7 Å². The quantitative estimate of drug-likeness (QED) is 0.437. The topological polar surface area (TPSA) is 56.6 Å². The normalized spacial score (nSPS) is 11.5. The van der Waals surface area contributed by atoms with E-state index in [-0.39, 0.29) is 11.1 Å². The second kappa shape index (κ2) is 6.09. The third kappa shape index (κ3) is 2.70. The average molecular weight is 322 g/mol. The molecule has 0 fully saturated rings. The fourth-order valence-corrected chi connectivity index (χ4v) is 2.63. The predicted molar refractivity (Wildman–Crippen MR) is 87.3 cm³/mol. The number of nitrogens with zero attached hydrogens (tertiary/aromatic N) is 1. The van der Waals surface area contributed by atoms with Gasteiger partial charge in [-0.25, -0.2) is 8.78 Å². The van der Waals surface area contributed by atoms with Crippen LogP contribution in [0.3, 0.4) is 0 Å². The van der Waals surface area contributed by atoms with Crippen molar-refractivity contribution in [1.82, 2.24) is 4.98 Å². The Bertz CT molecular complexity index is 1030. The second-order valence-corrected chi connectivity index (χ2v) is 5.34. The molecule has 0 amide bonds. The van der Waals surface area contributed by atoms with Gasteiger partial charge in [-0.05, 0) is 31.2 Å². The minimum atomic E-state index is -0.828. The molecule has 2 aromatic carbocycles. The summed E-state index contributed by atoms with van der Waals surface area (Å²) < 4.78 is 26.8. The highest BCUT2D eigenvalue weighted by molar-refractivity contribution is 6.20. The lowest BCUT2D eigenvalue weighted by Gasteiger charge is -2.02. The molecule has 0 saturated heterocycles. The first-order chi connectivity index (χ1) is 11.5. The van der Waals surface area contributed by atoms with Gasteiger partial charge in [-0.1, -0.05) is 18.2 Å². The number of hydrogen-bond acceptors (Lipinski definition) is 2. The Labute approximate surface area is 136 Å².